The monoisotopic (exact) mass is 497 g/mol. The van der Waals surface area contributed by atoms with Crippen LogP contribution in [0.1, 0.15) is 64.2 Å². The predicted octanol–water partition coefficient (Wildman–Crippen LogP) is 0.168. The van der Waals surface area contributed by atoms with Crippen molar-refractivity contribution in [3.8, 4) is 5.75 Å². The fourth-order valence-corrected chi connectivity index (χ4v) is 3.33. The van der Waals surface area contributed by atoms with Gasteiger partial charge in [0.2, 0.25) is 12.2 Å². The molecule has 12 heteroatoms. The molecule has 190 valence electrons. The number of amides is 1. The van der Waals surface area contributed by atoms with E-state index in [1.807, 2.05) is 0 Å². The number of esters is 1. The molecule has 1 aromatic carbocycles. The fraction of sp³-hybridized carbons (Fsp3) is 0.435. The maximum Gasteiger partial charge on any atom is 0.302 e. The molecule has 1 aliphatic heterocycles. The van der Waals surface area contributed by atoms with Crippen LogP contribution in [0.3, 0.4) is 0 Å². The summed E-state index contributed by atoms with van der Waals surface area (Å²) >= 11 is 0. The second kappa shape index (κ2) is 11.3. The molecule has 1 aliphatic rings. The number of Topliss-reactive ketones (excluding diaryl/α,β-unsaturated/α-hetero) is 3. The Morgan fingerprint density at radius 1 is 1.00 bits per heavy atom. The van der Waals surface area contributed by atoms with Crippen LogP contribution in [0.25, 0.3) is 0 Å². The number of carbonyl (C=O) groups is 5. The van der Waals surface area contributed by atoms with E-state index in [-0.39, 0.29) is 0 Å². The Bertz CT molecular complexity index is 1150. The van der Waals surface area contributed by atoms with Gasteiger partial charge in [0.1, 0.15) is 36.8 Å². The van der Waals surface area contributed by atoms with Crippen LogP contribution in [0.4, 0.5) is 5.69 Å². The molecule has 0 aromatic heterocycles. The van der Waals surface area contributed by atoms with Gasteiger partial charge in [-0.25, -0.2) is 0 Å². The predicted molar refractivity (Wildman–Crippen MR) is 119 cm³/mol. The molecule has 0 bridgehead atoms. The number of hydrogen-bond donors (Lipinski definition) is 4. The lowest BCUT2D eigenvalue weighted by Crippen LogP contribution is -2.60. The van der Waals surface area contributed by atoms with Crippen molar-refractivity contribution in [1.29, 1.82) is 0 Å². The zero-order chi connectivity index (χ0) is 29.4. The molecule has 2 rings (SSSR count). The molecular formula is C23H27NO11. The zero-order valence-electron chi connectivity index (χ0n) is 22.4. The van der Waals surface area contributed by atoms with Gasteiger partial charge >= 0.3 is 5.97 Å². The van der Waals surface area contributed by atoms with Gasteiger partial charge in [-0.15, -0.1) is 0 Å². The van der Waals surface area contributed by atoms with Gasteiger partial charge in [0.15, 0.2) is 17.3 Å². The Morgan fingerprint density at radius 3 is 2.23 bits per heavy atom. The van der Waals surface area contributed by atoms with Gasteiger partial charge in [0, 0.05) is 24.0 Å². The molecule has 0 saturated carbocycles. The summed E-state index contributed by atoms with van der Waals surface area (Å²) in [5, 5.41) is 33.2. The summed E-state index contributed by atoms with van der Waals surface area (Å²) < 4.78 is 45.3. The highest BCUT2D eigenvalue weighted by Gasteiger charge is 2.46. The molecule has 1 heterocycles. The number of aliphatic hydroxyl groups is 3. The van der Waals surface area contributed by atoms with Gasteiger partial charge in [0.05, 0.1) is 16.8 Å². The standard InChI is InChI=1S/C23H27NO11/c1-6-16(29)24-13-7-14(18(10(3)26)19(11(4)27)17(13)9(2)25)34-23-22(32)21(31)20(30)15(35-23)8-33-12(5)28/h6-7,15,20-23,30-32H,1,8H2,2-5H3,(H,24,29)/t15-,20-,21+,22+,23?/m1/s1/i2D,3D,4D,5D. The quantitative estimate of drug-likeness (QED) is 0.207. The third-order valence-electron chi connectivity index (χ3n) is 4.89. The van der Waals surface area contributed by atoms with E-state index in [1.165, 1.54) is 0 Å². The number of nitrogens with one attached hydrogen (secondary N) is 1. The second-order valence-electron chi connectivity index (χ2n) is 7.33. The number of ketones is 3. The Hall–Kier alpha value is -3.45. The van der Waals surface area contributed by atoms with E-state index in [2.05, 4.69) is 11.9 Å². The van der Waals surface area contributed by atoms with Crippen LogP contribution in [-0.2, 0) is 19.1 Å². The van der Waals surface area contributed by atoms with Gasteiger partial charge in [-0.05, 0) is 26.8 Å². The Labute approximate surface area is 206 Å². The van der Waals surface area contributed by atoms with Crippen LogP contribution in [0.2, 0.25) is 0 Å². The minimum atomic E-state index is -1.99. The third kappa shape index (κ3) is 6.17. The molecule has 0 spiro atoms. The van der Waals surface area contributed by atoms with Crippen molar-refractivity contribution < 1.29 is 59.0 Å². The van der Waals surface area contributed by atoms with E-state index in [0.717, 1.165) is 12.1 Å². The van der Waals surface area contributed by atoms with Crippen LogP contribution in [0.5, 0.6) is 5.75 Å². The first kappa shape index (κ1) is 22.0. The number of benzene rings is 1. The third-order valence-corrected chi connectivity index (χ3v) is 4.89. The Balaban J connectivity index is 2.73. The minimum absolute atomic E-state index is 0.419. The van der Waals surface area contributed by atoms with Crippen LogP contribution < -0.4 is 10.1 Å². The summed E-state index contributed by atoms with van der Waals surface area (Å²) in [6.07, 6.45) is -8.28. The van der Waals surface area contributed by atoms with Gasteiger partial charge in [-0.1, -0.05) is 6.58 Å². The number of ether oxygens (including phenoxy) is 3. The summed E-state index contributed by atoms with van der Waals surface area (Å²) in [7, 11) is 0. The number of aliphatic hydroxyl groups excluding tert-OH is 3. The van der Waals surface area contributed by atoms with Gasteiger partial charge in [0.25, 0.3) is 0 Å². The highest BCUT2D eigenvalue weighted by molar-refractivity contribution is 6.19. The van der Waals surface area contributed by atoms with Gasteiger partial charge < -0.3 is 34.8 Å². The molecule has 1 saturated heterocycles. The van der Waals surface area contributed by atoms with Gasteiger partial charge in [-0.2, -0.15) is 0 Å². The number of hydrogen-bond acceptors (Lipinski definition) is 11. The lowest BCUT2D eigenvalue weighted by Gasteiger charge is -2.40. The van der Waals surface area contributed by atoms with Crippen molar-refractivity contribution in [3.05, 3.63) is 35.4 Å². The number of carbonyl (C=O) groups excluding carboxylic acids is 5. The molecule has 1 aromatic rings. The molecule has 35 heavy (non-hydrogen) atoms. The molecular weight excluding hydrogens is 466 g/mol. The SMILES string of the molecule is [2H]CC(=O)OC[C@H]1OC(Oc2cc(NC(=O)C=C)c(C(=O)C[2H])c(C(=O)C[2H])c2C(=O)C[2H])[C@@H](O)[C@@H](O)[C@@H]1O. The highest BCUT2D eigenvalue weighted by atomic mass is 16.7. The lowest BCUT2D eigenvalue weighted by atomic mass is 9.91. The molecule has 0 radical (unpaired) electrons. The summed E-state index contributed by atoms with van der Waals surface area (Å²) in [5.41, 5.74) is -2.38. The molecule has 1 unspecified atom stereocenters. The van der Waals surface area contributed by atoms with Crippen LogP contribution in [0.15, 0.2) is 18.7 Å². The van der Waals surface area contributed by atoms with Crippen LogP contribution in [0, 0.1) is 0 Å². The lowest BCUT2D eigenvalue weighted by molar-refractivity contribution is -0.278. The number of anilines is 1. The Morgan fingerprint density at radius 2 is 1.63 bits per heavy atom. The Kier molecular flexibility index (Phi) is 7.13. The average molecular weight is 497 g/mol. The van der Waals surface area contributed by atoms with Crippen molar-refractivity contribution in [2.24, 2.45) is 0 Å². The fourth-order valence-electron chi connectivity index (χ4n) is 3.33. The maximum absolute atomic E-state index is 12.8. The molecule has 1 fully saturated rings. The van der Waals surface area contributed by atoms with Crippen molar-refractivity contribution in [2.45, 2.75) is 58.3 Å². The van der Waals surface area contributed by atoms with E-state index in [0.29, 0.717) is 0 Å². The summed E-state index contributed by atoms with van der Waals surface area (Å²) in [4.78, 5) is 61.7. The van der Waals surface area contributed by atoms with Crippen LogP contribution in [-0.4, -0.2) is 81.9 Å². The molecule has 4 N–H and O–H groups in total. The first-order chi connectivity index (χ1) is 18.4. The van der Waals surface area contributed by atoms with E-state index in [1.54, 1.807) is 0 Å². The summed E-state index contributed by atoms with van der Waals surface area (Å²) in [5.74, 6) is -5.64. The average Bonchev–Trinajstić information content (AvgIpc) is 2.94. The number of rotatable bonds is 9. The molecule has 1 amide bonds. The van der Waals surface area contributed by atoms with Crippen LogP contribution >= 0.6 is 0 Å². The largest absolute Gasteiger partial charge is 0.463 e. The highest BCUT2D eigenvalue weighted by Crippen LogP contribution is 2.36. The van der Waals surface area contributed by atoms with E-state index in [9.17, 15) is 39.3 Å². The first-order valence-electron chi connectivity index (χ1n) is 12.7. The van der Waals surface area contributed by atoms with Crippen molar-refractivity contribution in [2.75, 3.05) is 11.9 Å². The maximum atomic E-state index is 12.8. The second-order valence-corrected chi connectivity index (χ2v) is 7.33. The molecule has 0 aliphatic carbocycles. The van der Waals surface area contributed by atoms with Crippen molar-refractivity contribution in [1.82, 2.24) is 0 Å². The van der Waals surface area contributed by atoms with E-state index in [4.69, 9.17) is 19.7 Å². The van der Waals surface area contributed by atoms with E-state index < -0.39 is 122 Å². The van der Waals surface area contributed by atoms with Crippen molar-refractivity contribution in [3.63, 3.8) is 0 Å². The molecule has 12 nitrogen and oxygen atoms in total. The van der Waals surface area contributed by atoms with E-state index >= 15 is 0 Å². The van der Waals surface area contributed by atoms with Crippen molar-refractivity contribution >= 4 is 34.9 Å². The summed E-state index contributed by atoms with van der Waals surface area (Å²) in [6, 6.07) is 0.899. The topological polar surface area (TPSA) is 186 Å². The summed E-state index contributed by atoms with van der Waals surface area (Å²) in [6.45, 7) is -1.01. The van der Waals surface area contributed by atoms with Gasteiger partial charge in [-0.3, -0.25) is 24.0 Å². The first-order valence-corrected chi connectivity index (χ1v) is 9.88. The zero-order valence-corrected chi connectivity index (χ0v) is 18.4. The minimum Gasteiger partial charge on any atom is -0.463 e. The normalized spacial score (nSPS) is 25.2. The molecule has 5 atom stereocenters. The smallest absolute Gasteiger partial charge is 0.302 e.